The van der Waals surface area contributed by atoms with Gasteiger partial charge in [-0.1, -0.05) is 18.2 Å². The highest BCUT2D eigenvalue weighted by molar-refractivity contribution is 5.31. The molecular weight excluding hydrogens is 210 g/mol. The fourth-order valence-electron chi connectivity index (χ4n) is 2.09. The summed E-state index contributed by atoms with van der Waals surface area (Å²) in [6.07, 6.45) is 2.33. The monoisotopic (exact) mass is 233 g/mol. The van der Waals surface area contributed by atoms with Crippen molar-refractivity contribution in [1.29, 1.82) is 0 Å². The Morgan fingerprint density at radius 1 is 1.29 bits per heavy atom. The third-order valence-electron chi connectivity index (χ3n) is 4.11. The van der Waals surface area contributed by atoms with Gasteiger partial charge < -0.3 is 10.4 Å². The molecule has 0 aliphatic heterocycles. The highest BCUT2D eigenvalue weighted by Gasteiger charge is 2.41. The standard InChI is InChI=1S/C15H23NO/c1-11-4-5-14(8-12(11)2)13(3)16-9-15(10-17)6-7-15/h4-5,8,13,16-17H,6-7,9-10H2,1-3H3. The van der Waals surface area contributed by atoms with Gasteiger partial charge in [0.2, 0.25) is 0 Å². The van der Waals surface area contributed by atoms with Crippen LogP contribution in [0.5, 0.6) is 0 Å². The van der Waals surface area contributed by atoms with Gasteiger partial charge in [-0.25, -0.2) is 0 Å². The predicted octanol–water partition coefficient (Wildman–Crippen LogP) is 2.73. The molecule has 1 aromatic rings. The summed E-state index contributed by atoms with van der Waals surface area (Å²) in [6, 6.07) is 6.99. The molecule has 0 heterocycles. The number of nitrogens with one attached hydrogen (secondary N) is 1. The van der Waals surface area contributed by atoms with Crippen LogP contribution >= 0.6 is 0 Å². The summed E-state index contributed by atoms with van der Waals surface area (Å²) >= 11 is 0. The first-order chi connectivity index (χ1) is 8.06. The van der Waals surface area contributed by atoms with E-state index in [4.69, 9.17) is 0 Å². The Kier molecular flexibility index (Phi) is 3.55. The Hall–Kier alpha value is -0.860. The van der Waals surface area contributed by atoms with E-state index < -0.39 is 0 Å². The Morgan fingerprint density at radius 2 is 2.00 bits per heavy atom. The number of benzene rings is 1. The quantitative estimate of drug-likeness (QED) is 0.819. The molecule has 2 N–H and O–H groups in total. The Morgan fingerprint density at radius 3 is 2.53 bits per heavy atom. The lowest BCUT2D eigenvalue weighted by molar-refractivity contribution is 0.204. The van der Waals surface area contributed by atoms with Crippen molar-refractivity contribution in [2.45, 2.75) is 39.7 Å². The summed E-state index contributed by atoms with van der Waals surface area (Å²) in [4.78, 5) is 0. The minimum atomic E-state index is 0.188. The van der Waals surface area contributed by atoms with Crippen molar-refractivity contribution in [3.05, 3.63) is 34.9 Å². The van der Waals surface area contributed by atoms with Crippen LogP contribution in [0.1, 0.15) is 42.5 Å². The van der Waals surface area contributed by atoms with Crippen molar-refractivity contribution in [3.8, 4) is 0 Å². The van der Waals surface area contributed by atoms with E-state index in [-0.39, 0.29) is 5.41 Å². The zero-order valence-corrected chi connectivity index (χ0v) is 11.1. The summed E-state index contributed by atoms with van der Waals surface area (Å²) < 4.78 is 0. The lowest BCUT2D eigenvalue weighted by Gasteiger charge is -2.19. The third-order valence-corrected chi connectivity index (χ3v) is 4.11. The second-order valence-corrected chi connectivity index (χ2v) is 5.60. The zero-order valence-electron chi connectivity index (χ0n) is 11.1. The molecule has 1 saturated carbocycles. The van der Waals surface area contributed by atoms with Crippen molar-refractivity contribution >= 4 is 0 Å². The minimum absolute atomic E-state index is 0.188. The highest BCUT2D eigenvalue weighted by atomic mass is 16.3. The Balaban J connectivity index is 1.95. The number of rotatable bonds is 5. The van der Waals surface area contributed by atoms with Gasteiger partial charge in [-0.15, -0.1) is 0 Å². The van der Waals surface area contributed by atoms with E-state index in [1.165, 1.54) is 16.7 Å². The summed E-state index contributed by atoms with van der Waals surface area (Å²) in [5.74, 6) is 0. The topological polar surface area (TPSA) is 32.3 Å². The van der Waals surface area contributed by atoms with Crippen molar-refractivity contribution < 1.29 is 5.11 Å². The van der Waals surface area contributed by atoms with Crippen molar-refractivity contribution in [2.24, 2.45) is 5.41 Å². The molecule has 0 bridgehead atoms. The Labute approximate surface area is 104 Å². The van der Waals surface area contributed by atoms with E-state index in [0.29, 0.717) is 12.6 Å². The van der Waals surface area contributed by atoms with Crippen LogP contribution in [0.3, 0.4) is 0 Å². The summed E-state index contributed by atoms with van der Waals surface area (Å²) in [5.41, 5.74) is 4.21. The van der Waals surface area contributed by atoms with Crippen LogP contribution in [0.2, 0.25) is 0 Å². The average molecular weight is 233 g/mol. The summed E-state index contributed by atoms with van der Waals surface area (Å²) in [5, 5.41) is 12.8. The van der Waals surface area contributed by atoms with Gasteiger partial charge in [0.25, 0.3) is 0 Å². The van der Waals surface area contributed by atoms with Gasteiger partial charge >= 0.3 is 0 Å². The SMILES string of the molecule is Cc1ccc(C(C)NCC2(CO)CC2)cc1C. The van der Waals surface area contributed by atoms with Gasteiger partial charge in [0.05, 0.1) is 0 Å². The van der Waals surface area contributed by atoms with Crippen LogP contribution in [0.4, 0.5) is 0 Å². The van der Waals surface area contributed by atoms with Crippen molar-refractivity contribution in [1.82, 2.24) is 5.32 Å². The van der Waals surface area contributed by atoms with Crippen LogP contribution in [0.15, 0.2) is 18.2 Å². The number of aryl methyl sites for hydroxylation is 2. The summed E-state index contributed by atoms with van der Waals surface area (Å²) in [7, 11) is 0. The molecule has 94 valence electrons. The lowest BCUT2D eigenvalue weighted by Crippen LogP contribution is -2.28. The fourth-order valence-corrected chi connectivity index (χ4v) is 2.09. The predicted molar refractivity (Wildman–Crippen MR) is 71.1 cm³/mol. The maximum Gasteiger partial charge on any atom is 0.0499 e. The number of hydrogen-bond donors (Lipinski definition) is 2. The van der Waals surface area contributed by atoms with Crippen molar-refractivity contribution in [2.75, 3.05) is 13.2 Å². The molecule has 17 heavy (non-hydrogen) atoms. The Bertz CT molecular complexity index is 396. The zero-order chi connectivity index (χ0) is 12.5. The molecule has 0 spiro atoms. The molecule has 1 atom stereocenters. The molecule has 1 aliphatic rings. The van der Waals surface area contributed by atoms with E-state index in [2.05, 4.69) is 44.3 Å². The van der Waals surface area contributed by atoms with Crippen molar-refractivity contribution in [3.63, 3.8) is 0 Å². The second-order valence-electron chi connectivity index (χ2n) is 5.60. The molecule has 0 aromatic heterocycles. The largest absolute Gasteiger partial charge is 0.396 e. The van der Waals surface area contributed by atoms with Gasteiger partial charge in [-0.05, 0) is 50.3 Å². The first-order valence-corrected chi connectivity index (χ1v) is 6.48. The molecule has 0 radical (unpaired) electrons. The van der Waals surface area contributed by atoms with Gasteiger partial charge in [-0.2, -0.15) is 0 Å². The van der Waals surface area contributed by atoms with E-state index in [0.717, 1.165) is 19.4 Å². The van der Waals surface area contributed by atoms with Gasteiger partial charge in [0, 0.05) is 24.6 Å². The molecule has 1 aromatic carbocycles. The molecule has 2 heteroatoms. The second kappa shape index (κ2) is 4.79. The van der Waals surface area contributed by atoms with E-state index in [1.807, 2.05) is 0 Å². The molecule has 1 aliphatic carbocycles. The van der Waals surface area contributed by atoms with Gasteiger partial charge in [0.15, 0.2) is 0 Å². The van der Waals surface area contributed by atoms with E-state index in [1.54, 1.807) is 0 Å². The van der Waals surface area contributed by atoms with Crippen LogP contribution in [0.25, 0.3) is 0 Å². The number of aliphatic hydroxyl groups is 1. The molecule has 0 saturated heterocycles. The van der Waals surface area contributed by atoms with Crippen LogP contribution in [0, 0.1) is 19.3 Å². The van der Waals surface area contributed by atoms with Crippen LogP contribution in [-0.4, -0.2) is 18.3 Å². The van der Waals surface area contributed by atoms with E-state index >= 15 is 0 Å². The van der Waals surface area contributed by atoms with Gasteiger partial charge in [0.1, 0.15) is 0 Å². The van der Waals surface area contributed by atoms with Crippen LogP contribution in [-0.2, 0) is 0 Å². The first-order valence-electron chi connectivity index (χ1n) is 6.48. The summed E-state index contributed by atoms with van der Waals surface area (Å²) in [6.45, 7) is 7.73. The maximum atomic E-state index is 9.28. The molecule has 2 nitrogen and oxygen atoms in total. The number of hydrogen-bond acceptors (Lipinski definition) is 2. The molecule has 0 amide bonds. The van der Waals surface area contributed by atoms with Crippen LogP contribution < -0.4 is 5.32 Å². The molecule has 1 fully saturated rings. The maximum absolute atomic E-state index is 9.28. The van der Waals surface area contributed by atoms with Gasteiger partial charge in [-0.3, -0.25) is 0 Å². The minimum Gasteiger partial charge on any atom is -0.396 e. The lowest BCUT2D eigenvalue weighted by atomic mass is 10.0. The molecular formula is C15H23NO. The highest BCUT2D eigenvalue weighted by Crippen LogP contribution is 2.44. The molecule has 2 rings (SSSR count). The first kappa shape index (κ1) is 12.6. The normalized spacial score (nSPS) is 19.1. The average Bonchev–Trinajstić information content (AvgIpc) is 3.10. The smallest absolute Gasteiger partial charge is 0.0499 e. The fraction of sp³-hybridized carbons (Fsp3) is 0.600. The third kappa shape index (κ3) is 2.88. The van der Waals surface area contributed by atoms with E-state index in [9.17, 15) is 5.11 Å². The molecule has 1 unspecified atom stereocenters. The number of aliphatic hydroxyl groups excluding tert-OH is 1.